The van der Waals surface area contributed by atoms with Crippen molar-refractivity contribution in [2.45, 2.75) is 58.8 Å². The summed E-state index contributed by atoms with van der Waals surface area (Å²) in [4.78, 5) is 13.6. The van der Waals surface area contributed by atoms with E-state index in [0.717, 1.165) is 12.8 Å². The molecular weight excluding hydrogens is 312 g/mol. The number of unbranched alkanes of at least 4 members (excludes halogenated alkanes) is 1. The summed E-state index contributed by atoms with van der Waals surface area (Å²) in [5.74, 6) is -2.54. The lowest BCUT2D eigenvalue weighted by Gasteiger charge is -2.20. The van der Waals surface area contributed by atoms with E-state index in [0.29, 0.717) is 25.4 Å². The Morgan fingerprint density at radius 1 is 1.17 bits per heavy atom. The van der Waals surface area contributed by atoms with Crippen LogP contribution in [0.25, 0.3) is 0 Å². The molecule has 1 rings (SSSR count). The number of carbonyl (C=O) groups excluding carboxylic acids is 1. The van der Waals surface area contributed by atoms with Gasteiger partial charge in [-0.05, 0) is 38.8 Å². The van der Waals surface area contributed by atoms with E-state index in [9.17, 15) is 13.6 Å². The van der Waals surface area contributed by atoms with Crippen LogP contribution in [0.1, 0.15) is 58.4 Å². The quantitative estimate of drug-likeness (QED) is 0.530. The van der Waals surface area contributed by atoms with Crippen molar-refractivity contribution in [1.29, 1.82) is 0 Å². The number of rotatable bonds is 11. The number of hydrogen-bond acceptors (Lipinski definition) is 2. The molecule has 1 amide bonds. The standard InChI is InChI=1S/C19H29F2NO2/c1-4-7-14-24-17-11-8-10-16(15-17)19(20,21)13-9-12-18(23)22(5-2)6-3/h8,10-11,15H,4-7,9,12-14H2,1-3H3. The fourth-order valence-corrected chi connectivity index (χ4v) is 2.49. The lowest BCUT2D eigenvalue weighted by atomic mass is 10.0. The van der Waals surface area contributed by atoms with Crippen LogP contribution in [0.5, 0.6) is 5.75 Å². The molecule has 0 saturated heterocycles. The third kappa shape index (κ3) is 6.46. The molecule has 24 heavy (non-hydrogen) atoms. The van der Waals surface area contributed by atoms with Gasteiger partial charge in [0.1, 0.15) is 5.75 Å². The molecule has 0 aliphatic carbocycles. The van der Waals surface area contributed by atoms with E-state index in [4.69, 9.17) is 4.74 Å². The van der Waals surface area contributed by atoms with Crippen molar-refractivity contribution in [3.8, 4) is 5.75 Å². The fourth-order valence-electron chi connectivity index (χ4n) is 2.49. The summed E-state index contributed by atoms with van der Waals surface area (Å²) >= 11 is 0. The second kappa shape index (κ2) is 10.3. The molecule has 0 saturated carbocycles. The van der Waals surface area contributed by atoms with Crippen LogP contribution in [0, 0.1) is 0 Å². The molecule has 0 N–H and O–H groups in total. The van der Waals surface area contributed by atoms with E-state index < -0.39 is 5.92 Å². The van der Waals surface area contributed by atoms with E-state index in [1.165, 1.54) is 12.1 Å². The number of halogens is 2. The minimum atomic E-state index is -2.95. The number of amides is 1. The van der Waals surface area contributed by atoms with Gasteiger partial charge in [0.25, 0.3) is 5.92 Å². The first-order valence-electron chi connectivity index (χ1n) is 8.83. The zero-order valence-electron chi connectivity index (χ0n) is 15.0. The summed E-state index contributed by atoms with van der Waals surface area (Å²) in [5, 5.41) is 0. The molecule has 0 heterocycles. The second-order valence-electron chi connectivity index (χ2n) is 5.85. The van der Waals surface area contributed by atoms with Crippen LogP contribution in [0.2, 0.25) is 0 Å². The van der Waals surface area contributed by atoms with Gasteiger partial charge < -0.3 is 9.64 Å². The zero-order valence-corrected chi connectivity index (χ0v) is 15.0. The van der Waals surface area contributed by atoms with Crippen molar-refractivity contribution in [1.82, 2.24) is 4.90 Å². The summed E-state index contributed by atoms with van der Waals surface area (Å²) in [6, 6.07) is 6.10. The number of alkyl halides is 2. The number of carbonyl (C=O) groups is 1. The molecule has 5 heteroatoms. The highest BCUT2D eigenvalue weighted by molar-refractivity contribution is 5.76. The molecule has 3 nitrogen and oxygen atoms in total. The Bertz CT molecular complexity index is 502. The summed E-state index contributed by atoms with van der Waals surface area (Å²) in [6.07, 6.45) is 1.89. The summed E-state index contributed by atoms with van der Waals surface area (Å²) in [6.45, 7) is 7.59. The largest absolute Gasteiger partial charge is 0.494 e. The average molecular weight is 341 g/mol. The maximum Gasteiger partial charge on any atom is 0.273 e. The Hall–Kier alpha value is -1.65. The van der Waals surface area contributed by atoms with Crippen LogP contribution in [0.4, 0.5) is 8.78 Å². The Labute approximate surface area is 144 Å². The average Bonchev–Trinajstić information content (AvgIpc) is 2.56. The topological polar surface area (TPSA) is 29.5 Å². The van der Waals surface area contributed by atoms with Crippen molar-refractivity contribution >= 4 is 5.91 Å². The molecule has 1 aromatic carbocycles. The summed E-state index contributed by atoms with van der Waals surface area (Å²) < 4.78 is 34.2. The first-order chi connectivity index (χ1) is 11.4. The first kappa shape index (κ1) is 20.4. The van der Waals surface area contributed by atoms with Gasteiger partial charge in [-0.15, -0.1) is 0 Å². The molecule has 0 aliphatic heterocycles. The lowest BCUT2D eigenvalue weighted by molar-refractivity contribution is -0.131. The van der Waals surface area contributed by atoms with E-state index in [2.05, 4.69) is 0 Å². The highest BCUT2D eigenvalue weighted by Crippen LogP contribution is 2.35. The SMILES string of the molecule is CCCCOc1cccc(C(F)(F)CCCC(=O)N(CC)CC)c1. The van der Waals surface area contributed by atoms with Crippen molar-refractivity contribution in [3.05, 3.63) is 29.8 Å². The van der Waals surface area contributed by atoms with Crippen LogP contribution in [0.15, 0.2) is 24.3 Å². The molecule has 0 radical (unpaired) electrons. The van der Waals surface area contributed by atoms with Crippen molar-refractivity contribution < 1.29 is 18.3 Å². The van der Waals surface area contributed by atoms with Gasteiger partial charge >= 0.3 is 0 Å². The third-order valence-electron chi connectivity index (χ3n) is 4.02. The Kier molecular flexibility index (Phi) is 8.72. The van der Waals surface area contributed by atoms with E-state index >= 15 is 0 Å². The van der Waals surface area contributed by atoms with E-state index in [1.54, 1.807) is 17.0 Å². The smallest absolute Gasteiger partial charge is 0.273 e. The van der Waals surface area contributed by atoms with Crippen LogP contribution in [-0.4, -0.2) is 30.5 Å². The number of nitrogens with zero attached hydrogens (tertiary/aromatic N) is 1. The van der Waals surface area contributed by atoms with E-state index in [1.807, 2.05) is 20.8 Å². The van der Waals surface area contributed by atoms with Crippen molar-refractivity contribution in [2.75, 3.05) is 19.7 Å². The first-order valence-corrected chi connectivity index (χ1v) is 8.83. The fraction of sp³-hybridized carbons (Fsp3) is 0.632. The molecular formula is C19H29F2NO2. The Morgan fingerprint density at radius 2 is 1.88 bits per heavy atom. The van der Waals surface area contributed by atoms with Gasteiger partial charge in [0, 0.05) is 31.5 Å². The highest BCUT2D eigenvalue weighted by Gasteiger charge is 2.31. The van der Waals surface area contributed by atoms with Crippen LogP contribution >= 0.6 is 0 Å². The molecule has 0 aliphatic rings. The predicted molar refractivity (Wildman–Crippen MR) is 92.5 cm³/mol. The molecule has 0 spiro atoms. The van der Waals surface area contributed by atoms with Gasteiger partial charge in [-0.25, -0.2) is 8.78 Å². The van der Waals surface area contributed by atoms with Gasteiger partial charge in [0.05, 0.1) is 6.61 Å². The number of benzene rings is 1. The molecule has 0 fully saturated rings. The zero-order chi connectivity index (χ0) is 18.0. The molecule has 0 unspecified atom stereocenters. The molecule has 136 valence electrons. The number of ether oxygens (including phenoxy) is 1. The van der Waals surface area contributed by atoms with Gasteiger partial charge in [0.2, 0.25) is 5.91 Å². The monoisotopic (exact) mass is 341 g/mol. The maximum atomic E-state index is 14.4. The molecule has 0 aromatic heterocycles. The maximum absolute atomic E-state index is 14.4. The van der Waals surface area contributed by atoms with E-state index in [-0.39, 0.29) is 30.7 Å². The normalized spacial score (nSPS) is 11.4. The molecule has 1 aromatic rings. The third-order valence-corrected chi connectivity index (χ3v) is 4.02. The van der Waals surface area contributed by atoms with Gasteiger partial charge in [-0.3, -0.25) is 4.79 Å². The van der Waals surface area contributed by atoms with Crippen LogP contribution in [0.3, 0.4) is 0 Å². The second-order valence-corrected chi connectivity index (χ2v) is 5.85. The van der Waals surface area contributed by atoms with Crippen molar-refractivity contribution in [3.63, 3.8) is 0 Å². The van der Waals surface area contributed by atoms with Crippen LogP contribution in [-0.2, 0) is 10.7 Å². The van der Waals surface area contributed by atoms with Gasteiger partial charge in [0.15, 0.2) is 0 Å². The Balaban J connectivity index is 2.58. The predicted octanol–water partition coefficient (Wildman–Crippen LogP) is 5.00. The minimum Gasteiger partial charge on any atom is -0.494 e. The van der Waals surface area contributed by atoms with Gasteiger partial charge in [-0.1, -0.05) is 25.5 Å². The lowest BCUT2D eigenvalue weighted by Crippen LogP contribution is -2.30. The van der Waals surface area contributed by atoms with Crippen LogP contribution < -0.4 is 4.74 Å². The molecule has 0 atom stereocenters. The van der Waals surface area contributed by atoms with Crippen molar-refractivity contribution in [2.24, 2.45) is 0 Å². The minimum absolute atomic E-state index is 0.0493. The molecule has 0 bridgehead atoms. The number of hydrogen-bond donors (Lipinski definition) is 0. The highest BCUT2D eigenvalue weighted by atomic mass is 19.3. The summed E-state index contributed by atoms with van der Waals surface area (Å²) in [7, 11) is 0. The summed E-state index contributed by atoms with van der Waals surface area (Å²) in [5.41, 5.74) is -0.0493. The van der Waals surface area contributed by atoms with Gasteiger partial charge in [-0.2, -0.15) is 0 Å². The Morgan fingerprint density at radius 3 is 2.50 bits per heavy atom.